The Bertz CT molecular complexity index is 285. The van der Waals surface area contributed by atoms with Gasteiger partial charge in [0.1, 0.15) is 0 Å². The second-order valence-electron chi connectivity index (χ2n) is 2.58. The Kier molecular flexibility index (Phi) is 3.31. The molecule has 0 saturated heterocycles. The lowest BCUT2D eigenvalue weighted by atomic mass is 10.4. The fourth-order valence-electron chi connectivity index (χ4n) is 1.14. The summed E-state index contributed by atoms with van der Waals surface area (Å²) in [6.07, 6.45) is 1.65. The van der Waals surface area contributed by atoms with E-state index >= 15 is 0 Å². The van der Waals surface area contributed by atoms with E-state index in [1.54, 1.807) is 6.20 Å². The van der Waals surface area contributed by atoms with Crippen LogP contribution in [0.4, 0.5) is 11.6 Å². The van der Waals surface area contributed by atoms with Crippen LogP contribution >= 0.6 is 11.6 Å². The van der Waals surface area contributed by atoms with Crippen molar-refractivity contribution in [3.05, 3.63) is 11.3 Å². The minimum absolute atomic E-state index is 0.209. The molecule has 0 saturated carbocycles. The monoisotopic (exact) mass is 200 g/mol. The predicted molar refractivity (Wildman–Crippen MR) is 55.0 cm³/mol. The van der Waals surface area contributed by atoms with Gasteiger partial charge in [0.05, 0.1) is 11.9 Å². The highest BCUT2D eigenvalue weighted by atomic mass is 35.5. The third kappa shape index (κ3) is 2.21. The lowest BCUT2D eigenvalue weighted by molar-refractivity contribution is 0.858. The summed E-state index contributed by atoms with van der Waals surface area (Å²) in [6.45, 7) is 5.86. The Morgan fingerprint density at radius 2 is 2.08 bits per heavy atom. The van der Waals surface area contributed by atoms with Crippen LogP contribution in [0.2, 0.25) is 5.15 Å². The van der Waals surface area contributed by atoms with E-state index in [0.717, 1.165) is 18.8 Å². The Morgan fingerprint density at radius 1 is 1.46 bits per heavy atom. The maximum absolute atomic E-state index is 5.91. The molecule has 0 aliphatic heterocycles. The van der Waals surface area contributed by atoms with Crippen LogP contribution in [0.3, 0.4) is 0 Å². The summed E-state index contributed by atoms with van der Waals surface area (Å²) >= 11 is 5.91. The highest BCUT2D eigenvalue weighted by Gasteiger charge is 2.08. The molecule has 72 valence electrons. The van der Waals surface area contributed by atoms with E-state index in [2.05, 4.69) is 28.7 Å². The molecule has 1 rings (SSSR count). The van der Waals surface area contributed by atoms with Gasteiger partial charge in [0.15, 0.2) is 5.15 Å². The molecule has 0 bridgehead atoms. The third-order valence-electron chi connectivity index (χ3n) is 1.85. The molecule has 0 radical (unpaired) electrons. The van der Waals surface area contributed by atoms with E-state index in [-0.39, 0.29) is 5.95 Å². The summed E-state index contributed by atoms with van der Waals surface area (Å²) < 4.78 is 0. The van der Waals surface area contributed by atoms with Gasteiger partial charge < -0.3 is 10.6 Å². The van der Waals surface area contributed by atoms with Crippen molar-refractivity contribution in [1.29, 1.82) is 0 Å². The molecule has 0 amide bonds. The van der Waals surface area contributed by atoms with Crippen molar-refractivity contribution >= 4 is 23.2 Å². The number of nitrogens with two attached hydrogens (primary N) is 1. The van der Waals surface area contributed by atoms with Gasteiger partial charge in [-0.05, 0) is 13.8 Å². The van der Waals surface area contributed by atoms with Crippen LogP contribution in [0.15, 0.2) is 6.20 Å². The second kappa shape index (κ2) is 4.28. The van der Waals surface area contributed by atoms with Crippen LogP contribution in [-0.2, 0) is 0 Å². The molecule has 5 heteroatoms. The molecule has 0 aromatic carbocycles. The third-order valence-corrected chi connectivity index (χ3v) is 2.13. The minimum Gasteiger partial charge on any atom is -0.368 e. The van der Waals surface area contributed by atoms with Crippen LogP contribution in [0, 0.1) is 0 Å². The molecule has 0 spiro atoms. The molecule has 0 aliphatic carbocycles. The van der Waals surface area contributed by atoms with Gasteiger partial charge in [0, 0.05) is 13.1 Å². The molecule has 0 atom stereocenters. The number of hydrogen-bond donors (Lipinski definition) is 1. The Hall–Kier alpha value is -1.03. The van der Waals surface area contributed by atoms with E-state index in [9.17, 15) is 0 Å². The molecule has 0 aliphatic rings. The van der Waals surface area contributed by atoms with Crippen molar-refractivity contribution < 1.29 is 0 Å². The maximum atomic E-state index is 5.91. The van der Waals surface area contributed by atoms with E-state index in [4.69, 9.17) is 17.3 Å². The molecule has 0 fully saturated rings. The maximum Gasteiger partial charge on any atom is 0.221 e. The number of halogens is 1. The van der Waals surface area contributed by atoms with Gasteiger partial charge in [0.25, 0.3) is 0 Å². The summed E-state index contributed by atoms with van der Waals surface area (Å²) in [4.78, 5) is 9.85. The number of nitrogen functional groups attached to an aromatic ring is 1. The highest BCUT2D eigenvalue weighted by Crippen LogP contribution is 2.22. The normalized spacial score (nSPS) is 10.1. The standard InChI is InChI=1S/C8H13ClN4/c1-3-13(4-2)6-5-11-8(10)12-7(6)9/h5H,3-4H2,1-2H3,(H2,10,11,12). The molecule has 1 aromatic heterocycles. The lowest BCUT2D eigenvalue weighted by Crippen LogP contribution is -2.22. The zero-order valence-corrected chi connectivity index (χ0v) is 8.54. The van der Waals surface area contributed by atoms with Crippen LogP contribution in [0.25, 0.3) is 0 Å². The molecule has 1 aromatic rings. The Morgan fingerprint density at radius 3 is 2.54 bits per heavy atom. The number of rotatable bonds is 3. The zero-order chi connectivity index (χ0) is 9.84. The van der Waals surface area contributed by atoms with E-state index in [0.29, 0.717) is 5.15 Å². The van der Waals surface area contributed by atoms with Crippen molar-refractivity contribution in [2.75, 3.05) is 23.7 Å². The van der Waals surface area contributed by atoms with Gasteiger partial charge in [-0.1, -0.05) is 11.6 Å². The van der Waals surface area contributed by atoms with Crippen molar-refractivity contribution in [1.82, 2.24) is 9.97 Å². The largest absolute Gasteiger partial charge is 0.368 e. The fourth-order valence-corrected chi connectivity index (χ4v) is 1.40. The summed E-state index contributed by atoms with van der Waals surface area (Å²) in [5.74, 6) is 0.209. The van der Waals surface area contributed by atoms with E-state index in [1.165, 1.54) is 0 Å². The second-order valence-corrected chi connectivity index (χ2v) is 2.93. The molecule has 1 heterocycles. The number of hydrogen-bond acceptors (Lipinski definition) is 4. The van der Waals surface area contributed by atoms with Gasteiger partial charge >= 0.3 is 0 Å². The number of anilines is 2. The smallest absolute Gasteiger partial charge is 0.221 e. The zero-order valence-electron chi connectivity index (χ0n) is 7.79. The van der Waals surface area contributed by atoms with Gasteiger partial charge in [-0.3, -0.25) is 0 Å². The number of aromatic nitrogens is 2. The van der Waals surface area contributed by atoms with Crippen molar-refractivity contribution in [2.45, 2.75) is 13.8 Å². The molecular weight excluding hydrogens is 188 g/mol. The van der Waals surface area contributed by atoms with Crippen LogP contribution < -0.4 is 10.6 Å². The first-order valence-electron chi connectivity index (χ1n) is 4.22. The Labute approximate surface area is 82.7 Å². The summed E-state index contributed by atoms with van der Waals surface area (Å²) in [7, 11) is 0. The van der Waals surface area contributed by atoms with Crippen LogP contribution in [0.1, 0.15) is 13.8 Å². The summed E-state index contributed by atoms with van der Waals surface area (Å²) in [6, 6.07) is 0. The van der Waals surface area contributed by atoms with Crippen molar-refractivity contribution in [2.24, 2.45) is 0 Å². The predicted octanol–water partition coefficient (Wildman–Crippen LogP) is 1.56. The van der Waals surface area contributed by atoms with Gasteiger partial charge in [0.2, 0.25) is 5.95 Å². The first-order chi connectivity index (χ1) is 6.19. The van der Waals surface area contributed by atoms with Gasteiger partial charge in [-0.2, -0.15) is 4.98 Å². The Balaban J connectivity index is 2.99. The van der Waals surface area contributed by atoms with Gasteiger partial charge in [-0.25, -0.2) is 4.98 Å². The topological polar surface area (TPSA) is 55.0 Å². The SMILES string of the molecule is CCN(CC)c1cnc(N)nc1Cl. The molecular formula is C8H13ClN4. The first-order valence-corrected chi connectivity index (χ1v) is 4.59. The highest BCUT2D eigenvalue weighted by molar-refractivity contribution is 6.32. The van der Waals surface area contributed by atoms with Crippen molar-refractivity contribution in [3.8, 4) is 0 Å². The molecule has 13 heavy (non-hydrogen) atoms. The first kappa shape index (κ1) is 10.1. The quantitative estimate of drug-likeness (QED) is 0.753. The lowest BCUT2D eigenvalue weighted by Gasteiger charge is -2.20. The molecule has 2 N–H and O–H groups in total. The van der Waals surface area contributed by atoms with Gasteiger partial charge in [-0.15, -0.1) is 0 Å². The summed E-state index contributed by atoms with van der Waals surface area (Å²) in [5.41, 5.74) is 6.22. The van der Waals surface area contributed by atoms with E-state index < -0.39 is 0 Å². The summed E-state index contributed by atoms with van der Waals surface area (Å²) in [5, 5.41) is 0.413. The average molecular weight is 201 g/mol. The molecule has 0 unspecified atom stereocenters. The van der Waals surface area contributed by atoms with Crippen LogP contribution in [0.5, 0.6) is 0 Å². The fraction of sp³-hybridized carbons (Fsp3) is 0.500. The van der Waals surface area contributed by atoms with Crippen LogP contribution in [-0.4, -0.2) is 23.1 Å². The minimum atomic E-state index is 0.209. The molecule has 4 nitrogen and oxygen atoms in total. The number of nitrogens with zero attached hydrogens (tertiary/aromatic N) is 3. The average Bonchev–Trinajstić information content (AvgIpc) is 2.10. The van der Waals surface area contributed by atoms with Crippen molar-refractivity contribution in [3.63, 3.8) is 0 Å². The van der Waals surface area contributed by atoms with E-state index in [1.807, 2.05) is 0 Å².